The first-order chi connectivity index (χ1) is 8.52. The van der Waals surface area contributed by atoms with Gasteiger partial charge in [-0.05, 0) is 18.1 Å². The molecule has 0 fully saturated rings. The van der Waals surface area contributed by atoms with E-state index in [4.69, 9.17) is 10.5 Å². The molecule has 1 aromatic carbocycles. The van der Waals surface area contributed by atoms with Crippen LogP contribution in [0.1, 0.15) is 30.9 Å². The molecule has 18 heavy (non-hydrogen) atoms. The Morgan fingerprint density at radius 3 is 2.61 bits per heavy atom. The van der Waals surface area contributed by atoms with Gasteiger partial charge in [0.05, 0.1) is 18.6 Å². The Labute approximate surface area is 109 Å². The first-order valence-corrected chi connectivity index (χ1v) is 7.90. The molecule has 0 atom stereocenters. The lowest BCUT2D eigenvalue weighted by molar-refractivity contribution is 0.409. The Bertz CT molecular complexity index is 483. The quantitative estimate of drug-likeness (QED) is 0.822. The minimum atomic E-state index is -3.03. The van der Waals surface area contributed by atoms with E-state index in [1.54, 1.807) is 19.2 Å². The van der Waals surface area contributed by atoms with Gasteiger partial charge in [0.2, 0.25) is 0 Å². The van der Waals surface area contributed by atoms with E-state index in [2.05, 4.69) is 0 Å². The van der Waals surface area contributed by atoms with Gasteiger partial charge >= 0.3 is 0 Å². The molecule has 1 aromatic rings. The zero-order valence-electron chi connectivity index (χ0n) is 11.0. The number of sulfone groups is 1. The summed E-state index contributed by atoms with van der Waals surface area (Å²) in [6.45, 7) is 2.36. The van der Waals surface area contributed by atoms with Crippen LogP contribution in [0.4, 0.5) is 0 Å². The van der Waals surface area contributed by atoms with Crippen LogP contribution in [0.5, 0.6) is 5.75 Å². The molecule has 0 bridgehead atoms. The average Bonchev–Trinajstić information content (AvgIpc) is 2.35. The van der Waals surface area contributed by atoms with Crippen molar-refractivity contribution in [3.8, 4) is 5.75 Å². The molecule has 0 aliphatic rings. The normalized spacial score (nSPS) is 11.5. The Balaban J connectivity index is 2.85. The number of hydrogen-bond donors (Lipinski definition) is 1. The van der Waals surface area contributed by atoms with Gasteiger partial charge in [-0.1, -0.05) is 25.5 Å². The Kier molecular flexibility index (Phi) is 5.62. The summed E-state index contributed by atoms with van der Waals surface area (Å²) in [5.74, 6) is 0.958. The van der Waals surface area contributed by atoms with Crippen molar-refractivity contribution >= 4 is 9.84 Å². The lowest BCUT2D eigenvalue weighted by Crippen LogP contribution is -2.09. The minimum Gasteiger partial charge on any atom is -0.496 e. The zero-order chi connectivity index (χ0) is 13.6. The number of benzene rings is 1. The van der Waals surface area contributed by atoms with E-state index in [0.717, 1.165) is 17.5 Å². The SMILES string of the molecule is CCCCS(=O)(=O)Cc1ccc(CN)c(OC)c1. The van der Waals surface area contributed by atoms with E-state index < -0.39 is 9.84 Å². The van der Waals surface area contributed by atoms with Gasteiger partial charge in [0.25, 0.3) is 0 Å². The summed E-state index contributed by atoms with van der Waals surface area (Å²) in [6, 6.07) is 5.38. The van der Waals surface area contributed by atoms with Crippen LogP contribution < -0.4 is 10.5 Å². The fraction of sp³-hybridized carbons (Fsp3) is 0.538. The second-order valence-corrected chi connectivity index (χ2v) is 6.48. The largest absolute Gasteiger partial charge is 0.496 e. The van der Waals surface area contributed by atoms with Gasteiger partial charge in [-0.2, -0.15) is 0 Å². The summed E-state index contributed by atoms with van der Waals surface area (Å²) in [6.07, 6.45) is 1.59. The monoisotopic (exact) mass is 271 g/mol. The highest BCUT2D eigenvalue weighted by molar-refractivity contribution is 7.90. The molecule has 5 heteroatoms. The highest BCUT2D eigenvalue weighted by Gasteiger charge is 2.12. The van der Waals surface area contributed by atoms with Crippen molar-refractivity contribution in [1.82, 2.24) is 0 Å². The first kappa shape index (κ1) is 15.0. The molecule has 1 rings (SSSR count). The average molecular weight is 271 g/mol. The third kappa shape index (κ3) is 4.31. The van der Waals surface area contributed by atoms with E-state index in [1.165, 1.54) is 0 Å². The molecule has 102 valence electrons. The van der Waals surface area contributed by atoms with E-state index in [9.17, 15) is 8.42 Å². The van der Waals surface area contributed by atoms with Crippen LogP contribution in [0.3, 0.4) is 0 Å². The topological polar surface area (TPSA) is 69.4 Å². The number of ether oxygens (including phenoxy) is 1. The van der Waals surface area contributed by atoms with Crippen LogP contribution in [0.15, 0.2) is 18.2 Å². The molecule has 0 aliphatic carbocycles. The second kappa shape index (κ2) is 6.75. The van der Waals surface area contributed by atoms with Crippen molar-refractivity contribution in [1.29, 1.82) is 0 Å². The van der Waals surface area contributed by atoms with E-state index in [0.29, 0.717) is 18.7 Å². The summed E-state index contributed by atoms with van der Waals surface area (Å²) in [5, 5.41) is 0. The van der Waals surface area contributed by atoms with E-state index >= 15 is 0 Å². The van der Waals surface area contributed by atoms with Crippen LogP contribution in [0.25, 0.3) is 0 Å². The standard InChI is InChI=1S/C13H21NO3S/c1-3-4-7-18(15,16)10-11-5-6-12(9-14)13(8-11)17-2/h5-6,8H,3-4,7,9-10,14H2,1-2H3. The molecule has 0 amide bonds. The summed E-state index contributed by atoms with van der Waals surface area (Å²) in [7, 11) is -1.47. The molecule has 0 unspecified atom stereocenters. The predicted octanol–water partition coefficient (Wildman–Crippen LogP) is 1.87. The van der Waals surface area contributed by atoms with Crippen molar-refractivity contribution in [3.05, 3.63) is 29.3 Å². The van der Waals surface area contributed by atoms with Crippen molar-refractivity contribution < 1.29 is 13.2 Å². The first-order valence-electron chi connectivity index (χ1n) is 6.08. The maximum absolute atomic E-state index is 11.8. The van der Waals surface area contributed by atoms with Crippen molar-refractivity contribution in [2.24, 2.45) is 5.73 Å². The summed E-state index contributed by atoms with van der Waals surface area (Å²) < 4.78 is 28.9. The van der Waals surface area contributed by atoms with Gasteiger partial charge in [0.15, 0.2) is 9.84 Å². The number of methoxy groups -OCH3 is 1. The third-order valence-electron chi connectivity index (χ3n) is 2.77. The van der Waals surface area contributed by atoms with Crippen LogP contribution >= 0.6 is 0 Å². The van der Waals surface area contributed by atoms with Crippen molar-refractivity contribution in [3.63, 3.8) is 0 Å². The fourth-order valence-corrected chi connectivity index (χ4v) is 3.30. The molecule has 2 N–H and O–H groups in total. The van der Waals surface area contributed by atoms with Gasteiger partial charge in [0.1, 0.15) is 5.75 Å². The third-order valence-corrected chi connectivity index (χ3v) is 4.45. The molecule has 0 saturated carbocycles. The molecule has 0 radical (unpaired) electrons. The molecular weight excluding hydrogens is 250 g/mol. The zero-order valence-corrected chi connectivity index (χ0v) is 11.8. The van der Waals surface area contributed by atoms with Gasteiger partial charge in [-0.25, -0.2) is 8.42 Å². The van der Waals surface area contributed by atoms with Gasteiger partial charge in [0, 0.05) is 12.1 Å². The summed E-state index contributed by atoms with van der Waals surface area (Å²) in [4.78, 5) is 0. The molecule has 0 aliphatic heterocycles. The lowest BCUT2D eigenvalue weighted by atomic mass is 10.1. The van der Waals surface area contributed by atoms with Gasteiger partial charge < -0.3 is 10.5 Å². The molecule has 0 aromatic heterocycles. The summed E-state index contributed by atoms with van der Waals surface area (Å²) >= 11 is 0. The minimum absolute atomic E-state index is 0.0637. The fourth-order valence-electron chi connectivity index (χ4n) is 1.74. The van der Waals surface area contributed by atoms with E-state index in [1.807, 2.05) is 13.0 Å². The van der Waals surface area contributed by atoms with Crippen molar-refractivity contribution in [2.45, 2.75) is 32.1 Å². The molecular formula is C13H21NO3S. The number of unbranched alkanes of at least 4 members (excludes halogenated alkanes) is 1. The highest BCUT2D eigenvalue weighted by atomic mass is 32.2. The molecule has 0 heterocycles. The van der Waals surface area contributed by atoms with Crippen LogP contribution in [0.2, 0.25) is 0 Å². The molecule has 4 nitrogen and oxygen atoms in total. The smallest absolute Gasteiger partial charge is 0.154 e. The van der Waals surface area contributed by atoms with Gasteiger partial charge in [-0.3, -0.25) is 0 Å². The molecule has 0 spiro atoms. The Morgan fingerprint density at radius 1 is 1.33 bits per heavy atom. The Morgan fingerprint density at radius 2 is 2.06 bits per heavy atom. The number of hydrogen-bond acceptors (Lipinski definition) is 4. The van der Waals surface area contributed by atoms with Gasteiger partial charge in [-0.15, -0.1) is 0 Å². The maximum Gasteiger partial charge on any atom is 0.154 e. The predicted molar refractivity (Wildman–Crippen MR) is 73.3 cm³/mol. The lowest BCUT2D eigenvalue weighted by Gasteiger charge is -2.09. The summed E-state index contributed by atoms with van der Waals surface area (Å²) in [5.41, 5.74) is 7.20. The van der Waals surface area contributed by atoms with E-state index in [-0.39, 0.29) is 11.5 Å². The maximum atomic E-state index is 11.8. The van der Waals surface area contributed by atoms with Crippen molar-refractivity contribution in [2.75, 3.05) is 12.9 Å². The molecule has 0 saturated heterocycles. The van der Waals surface area contributed by atoms with Crippen LogP contribution in [-0.4, -0.2) is 21.3 Å². The van der Waals surface area contributed by atoms with Crippen LogP contribution in [-0.2, 0) is 22.1 Å². The highest BCUT2D eigenvalue weighted by Crippen LogP contribution is 2.21. The number of rotatable bonds is 7. The number of nitrogens with two attached hydrogens (primary N) is 1. The second-order valence-electron chi connectivity index (χ2n) is 4.30. The Hall–Kier alpha value is -1.07. The van der Waals surface area contributed by atoms with Crippen LogP contribution in [0, 0.1) is 0 Å².